The quantitative estimate of drug-likeness (QED) is 0.776. The van der Waals surface area contributed by atoms with Gasteiger partial charge >= 0.3 is 0 Å². The minimum Gasteiger partial charge on any atom is -0.412 e. The van der Waals surface area contributed by atoms with Crippen LogP contribution in [0.4, 0.5) is 11.4 Å². The van der Waals surface area contributed by atoms with Gasteiger partial charge in [-0.25, -0.2) is 0 Å². The van der Waals surface area contributed by atoms with Crippen LogP contribution in [0.25, 0.3) is 11.1 Å². The predicted octanol–water partition coefficient (Wildman–Crippen LogP) is 2.10. The number of nitrogens with two attached hydrogens (primary N) is 2. The Balaban J connectivity index is 0.00000180. The lowest BCUT2D eigenvalue weighted by atomic mass is 9.95. The Morgan fingerprint density at radius 2 is 0.750 bits per heavy atom. The molecular weight excluding hydrogens is 252 g/mol. The maximum Gasteiger partial charge on any atom is 0.0373 e. The van der Waals surface area contributed by atoms with Crippen LogP contribution < -0.4 is 11.5 Å². The van der Waals surface area contributed by atoms with Gasteiger partial charge in [0.05, 0.1) is 0 Å². The largest absolute Gasteiger partial charge is 0.412 e. The Hall–Kier alpha value is -2.04. The summed E-state index contributed by atoms with van der Waals surface area (Å²) in [5.74, 6) is 0. The lowest BCUT2D eigenvalue weighted by molar-refractivity contribution is 0.823. The Labute approximate surface area is 120 Å². The first-order valence-corrected chi connectivity index (χ1v) is 6.14. The highest BCUT2D eigenvalue weighted by Gasteiger charge is 2.07. The zero-order valence-corrected chi connectivity index (χ0v) is 12.5. The first-order valence-electron chi connectivity index (χ1n) is 6.14. The number of benzene rings is 2. The van der Waals surface area contributed by atoms with Crippen molar-refractivity contribution >= 4 is 11.4 Å². The molecule has 0 radical (unpaired) electrons. The van der Waals surface area contributed by atoms with Crippen molar-refractivity contribution in [2.75, 3.05) is 11.5 Å². The molecule has 0 atom stereocenters. The molecule has 0 aromatic heterocycles. The minimum absolute atomic E-state index is 0. The number of hydrogen-bond acceptors (Lipinski definition) is 2. The Morgan fingerprint density at radius 3 is 0.950 bits per heavy atom. The van der Waals surface area contributed by atoms with E-state index in [1.54, 1.807) is 0 Å². The van der Waals surface area contributed by atoms with Crippen molar-refractivity contribution in [3.8, 4) is 11.1 Å². The van der Waals surface area contributed by atoms with E-state index in [0.717, 1.165) is 33.6 Å². The van der Waals surface area contributed by atoms with Crippen LogP contribution in [0.5, 0.6) is 0 Å². The number of aryl methyl sites for hydroxylation is 4. The molecule has 0 bridgehead atoms. The van der Waals surface area contributed by atoms with Gasteiger partial charge in [0.25, 0.3) is 0 Å². The van der Waals surface area contributed by atoms with Crippen LogP contribution in [-0.4, -0.2) is 11.0 Å². The van der Waals surface area contributed by atoms with Gasteiger partial charge in [-0.2, -0.15) is 0 Å². The summed E-state index contributed by atoms with van der Waals surface area (Å²) in [6, 6.07) is 8.53. The number of hydrogen-bond donors (Lipinski definition) is 2. The van der Waals surface area contributed by atoms with Crippen LogP contribution >= 0.6 is 0 Å². The zero-order chi connectivity index (χ0) is 13.4. The molecule has 0 unspecified atom stereocenters. The van der Waals surface area contributed by atoms with E-state index in [1.807, 2.05) is 27.7 Å². The molecule has 110 valence electrons. The number of anilines is 2. The average Bonchev–Trinajstić information content (AvgIpc) is 2.31. The third-order valence-corrected chi connectivity index (χ3v) is 3.52. The van der Waals surface area contributed by atoms with E-state index < -0.39 is 0 Å². The summed E-state index contributed by atoms with van der Waals surface area (Å²) in [7, 11) is 0. The molecule has 4 heteroatoms. The fourth-order valence-corrected chi connectivity index (χ4v) is 2.28. The normalized spacial score (nSPS) is 9.60. The fourth-order valence-electron chi connectivity index (χ4n) is 2.28. The molecule has 0 aliphatic carbocycles. The number of rotatable bonds is 1. The van der Waals surface area contributed by atoms with E-state index in [0.29, 0.717) is 0 Å². The predicted molar refractivity (Wildman–Crippen MR) is 86.9 cm³/mol. The zero-order valence-electron chi connectivity index (χ0n) is 12.5. The highest BCUT2D eigenvalue weighted by Crippen LogP contribution is 2.30. The second-order valence-corrected chi connectivity index (χ2v) is 5.05. The van der Waals surface area contributed by atoms with Crippen molar-refractivity contribution in [3.05, 3.63) is 46.5 Å². The van der Waals surface area contributed by atoms with Crippen molar-refractivity contribution in [2.45, 2.75) is 27.7 Å². The first-order chi connectivity index (χ1) is 8.40. The molecule has 0 aliphatic rings. The molecule has 0 amide bonds. The third kappa shape index (κ3) is 3.10. The molecule has 2 aromatic carbocycles. The molecular formula is C16H24N2O2. The summed E-state index contributed by atoms with van der Waals surface area (Å²) >= 11 is 0. The molecule has 0 saturated heterocycles. The van der Waals surface area contributed by atoms with Crippen molar-refractivity contribution < 1.29 is 11.0 Å². The van der Waals surface area contributed by atoms with Crippen molar-refractivity contribution in [2.24, 2.45) is 0 Å². The smallest absolute Gasteiger partial charge is 0.0373 e. The second-order valence-electron chi connectivity index (χ2n) is 5.05. The second kappa shape index (κ2) is 6.41. The van der Waals surface area contributed by atoms with E-state index >= 15 is 0 Å². The van der Waals surface area contributed by atoms with Gasteiger partial charge in [0.2, 0.25) is 0 Å². The lowest BCUT2D eigenvalue weighted by Crippen LogP contribution is -1.97. The molecule has 0 spiro atoms. The van der Waals surface area contributed by atoms with Crippen molar-refractivity contribution in [1.82, 2.24) is 0 Å². The standard InChI is InChI=1S/C16H20N2.2H2O/c1-9-5-13(6-10(2)15(9)17)14-7-11(3)16(18)12(4)8-14;;/h5-8H,17-18H2,1-4H3;2*1H2. The van der Waals surface area contributed by atoms with Crippen LogP contribution in [0.15, 0.2) is 24.3 Å². The minimum atomic E-state index is 0. The Kier molecular flexibility index (Phi) is 5.76. The molecule has 4 nitrogen and oxygen atoms in total. The molecule has 0 aliphatic heterocycles. The van der Waals surface area contributed by atoms with Gasteiger partial charge < -0.3 is 22.4 Å². The number of nitrogen functional groups attached to an aromatic ring is 2. The van der Waals surface area contributed by atoms with E-state index in [-0.39, 0.29) is 11.0 Å². The summed E-state index contributed by atoms with van der Waals surface area (Å²) in [6.07, 6.45) is 0. The SMILES string of the molecule is Cc1cc(-c2cc(C)c(N)c(C)c2)cc(C)c1N.O.O. The Bertz CT molecular complexity index is 520. The Morgan fingerprint density at radius 1 is 0.550 bits per heavy atom. The summed E-state index contributed by atoms with van der Waals surface area (Å²) < 4.78 is 0. The third-order valence-electron chi connectivity index (χ3n) is 3.52. The topological polar surface area (TPSA) is 115 Å². The van der Waals surface area contributed by atoms with Crippen LogP contribution in [0.2, 0.25) is 0 Å². The molecule has 20 heavy (non-hydrogen) atoms. The summed E-state index contributed by atoms with van der Waals surface area (Å²) in [4.78, 5) is 0. The van der Waals surface area contributed by atoms with Gasteiger partial charge in [-0.05, 0) is 85.3 Å². The lowest BCUT2D eigenvalue weighted by Gasteiger charge is -2.12. The molecule has 2 aromatic rings. The maximum atomic E-state index is 5.99. The molecule has 2 rings (SSSR count). The monoisotopic (exact) mass is 276 g/mol. The maximum absolute atomic E-state index is 5.99. The van der Waals surface area contributed by atoms with Crippen molar-refractivity contribution in [1.29, 1.82) is 0 Å². The van der Waals surface area contributed by atoms with E-state index in [1.165, 1.54) is 11.1 Å². The van der Waals surface area contributed by atoms with Crippen LogP contribution in [0.3, 0.4) is 0 Å². The highest BCUT2D eigenvalue weighted by atomic mass is 16.0. The van der Waals surface area contributed by atoms with Gasteiger partial charge in [0.15, 0.2) is 0 Å². The van der Waals surface area contributed by atoms with Crippen LogP contribution in [-0.2, 0) is 0 Å². The van der Waals surface area contributed by atoms with Gasteiger partial charge in [-0.3, -0.25) is 0 Å². The van der Waals surface area contributed by atoms with Crippen molar-refractivity contribution in [3.63, 3.8) is 0 Å². The highest BCUT2D eigenvalue weighted by molar-refractivity contribution is 5.73. The summed E-state index contributed by atoms with van der Waals surface area (Å²) in [5.41, 5.74) is 20.6. The van der Waals surface area contributed by atoms with Crippen LogP contribution in [0.1, 0.15) is 22.3 Å². The van der Waals surface area contributed by atoms with Crippen LogP contribution in [0, 0.1) is 27.7 Å². The fraction of sp³-hybridized carbons (Fsp3) is 0.250. The van der Waals surface area contributed by atoms with Gasteiger partial charge in [0.1, 0.15) is 0 Å². The molecule has 8 N–H and O–H groups in total. The summed E-state index contributed by atoms with van der Waals surface area (Å²) in [6.45, 7) is 8.18. The van der Waals surface area contributed by atoms with Gasteiger partial charge in [-0.15, -0.1) is 0 Å². The molecule has 0 fully saturated rings. The van der Waals surface area contributed by atoms with E-state index in [2.05, 4.69) is 24.3 Å². The molecule has 0 heterocycles. The van der Waals surface area contributed by atoms with Gasteiger partial charge in [0, 0.05) is 11.4 Å². The van der Waals surface area contributed by atoms with E-state index in [4.69, 9.17) is 11.5 Å². The summed E-state index contributed by atoms with van der Waals surface area (Å²) in [5, 5.41) is 0. The molecule has 0 saturated carbocycles. The first kappa shape index (κ1) is 18.0. The average molecular weight is 276 g/mol. The van der Waals surface area contributed by atoms with Gasteiger partial charge in [-0.1, -0.05) is 0 Å². The van der Waals surface area contributed by atoms with E-state index in [9.17, 15) is 0 Å².